The number of rotatable bonds is 4. The highest BCUT2D eigenvalue weighted by molar-refractivity contribution is 5.77. The molecule has 0 aliphatic rings. The summed E-state index contributed by atoms with van der Waals surface area (Å²) in [6.45, 7) is 1.36. The van der Waals surface area contributed by atoms with Crippen molar-refractivity contribution in [1.29, 1.82) is 0 Å². The summed E-state index contributed by atoms with van der Waals surface area (Å²) in [5.41, 5.74) is 0.442. The summed E-state index contributed by atoms with van der Waals surface area (Å²) in [5, 5.41) is 10.8. The molecule has 0 radical (unpaired) electrons. The number of benzene rings is 1. The quantitative estimate of drug-likeness (QED) is 0.824. The lowest BCUT2D eigenvalue weighted by Crippen LogP contribution is -2.28. The van der Waals surface area contributed by atoms with Gasteiger partial charge in [-0.25, -0.2) is 9.18 Å². The van der Waals surface area contributed by atoms with E-state index < -0.39 is 18.0 Å². The number of amides is 1. The van der Waals surface area contributed by atoms with Gasteiger partial charge in [-0.2, -0.15) is 0 Å². The second-order valence-electron chi connectivity index (χ2n) is 3.46. The molecule has 0 saturated heterocycles. The molecule has 0 fully saturated rings. The maximum absolute atomic E-state index is 12.9. The van der Waals surface area contributed by atoms with Gasteiger partial charge in [-0.1, -0.05) is 12.1 Å². The van der Waals surface area contributed by atoms with Gasteiger partial charge in [0.05, 0.1) is 6.04 Å². The van der Waals surface area contributed by atoms with E-state index in [-0.39, 0.29) is 12.2 Å². The molecular weight excluding hydrogens is 213 g/mol. The third-order valence-corrected chi connectivity index (χ3v) is 2.04. The maximum Gasteiger partial charge on any atom is 0.405 e. The zero-order valence-corrected chi connectivity index (χ0v) is 8.74. The lowest BCUT2D eigenvalue weighted by Gasteiger charge is -2.15. The summed E-state index contributed by atoms with van der Waals surface area (Å²) in [4.78, 5) is 21.5. The van der Waals surface area contributed by atoms with E-state index >= 15 is 0 Å². The van der Waals surface area contributed by atoms with Gasteiger partial charge in [0.2, 0.25) is 0 Å². The Morgan fingerprint density at radius 3 is 2.69 bits per heavy atom. The van der Waals surface area contributed by atoms with Gasteiger partial charge in [-0.05, 0) is 24.6 Å². The van der Waals surface area contributed by atoms with Gasteiger partial charge in [0.1, 0.15) is 11.6 Å². The van der Waals surface area contributed by atoms with Gasteiger partial charge in [0.15, 0.2) is 0 Å². The molecule has 0 spiro atoms. The zero-order valence-electron chi connectivity index (χ0n) is 8.74. The van der Waals surface area contributed by atoms with Gasteiger partial charge < -0.3 is 10.4 Å². The molecule has 2 N–H and O–H groups in total. The largest absolute Gasteiger partial charge is 0.465 e. The lowest BCUT2D eigenvalue weighted by atomic mass is 10.0. The van der Waals surface area contributed by atoms with Crippen molar-refractivity contribution in [3.63, 3.8) is 0 Å². The van der Waals surface area contributed by atoms with Gasteiger partial charge in [0, 0.05) is 6.42 Å². The third kappa shape index (κ3) is 3.68. The minimum Gasteiger partial charge on any atom is -0.465 e. The number of hydrogen-bond acceptors (Lipinski definition) is 2. The Morgan fingerprint density at radius 2 is 2.19 bits per heavy atom. The summed E-state index contributed by atoms with van der Waals surface area (Å²) in [7, 11) is 0. The predicted molar refractivity (Wildman–Crippen MR) is 55.6 cm³/mol. The van der Waals surface area contributed by atoms with Gasteiger partial charge in [-0.3, -0.25) is 4.79 Å². The molecular formula is C11H12FNO3. The highest BCUT2D eigenvalue weighted by Crippen LogP contribution is 2.18. The van der Waals surface area contributed by atoms with E-state index in [9.17, 15) is 14.0 Å². The molecule has 1 aromatic rings. The van der Waals surface area contributed by atoms with Crippen molar-refractivity contribution in [2.45, 2.75) is 19.4 Å². The van der Waals surface area contributed by atoms with Crippen molar-refractivity contribution in [2.75, 3.05) is 0 Å². The number of ketones is 1. The normalized spacial score (nSPS) is 11.9. The number of carbonyl (C=O) groups is 2. The number of halogens is 1. The average molecular weight is 225 g/mol. The van der Waals surface area contributed by atoms with Crippen molar-refractivity contribution in [2.24, 2.45) is 0 Å². The Morgan fingerprint density at radius 1 is 1.50 bits per heavy atom. The van der Waals surface area contributed by atoms with E-state index in [0.717, 1.165) is 0 Å². The third-order valence-electron chi connectivity index (χ3n) is 2.04. The molecule has 1 atom stereocenters. The van der Waals surface area contributed by atoms with E-state index in [0.29, 0.717) is 5.56 Å². The molecule has 5 heteroatoms. The van der Waals surface area contributed by atoms with E-state index in [4.69, 9.17) is 5.11 Å². The van der Waals surface area contributed by atoms with Crippen molar-refractivity contribution < 1.29 is 19.1 Å². The summed E-state index contributed by atoms with van der Waals surface area (Å²) in [6.07, 6.45) is -1.23. The predicted octanol–water partition coefficient (Wildman–Crippen LogP) is 2.11. The van der Waals surface area contributed by atoms with Crippen LogP contribution < -0.4 is 5.32 Å². The van der Waals surface area contributed by atoms with Crippen LogP contribution >= 0.6 is 0 Å². The Kier molecular flexibility index (Phi) is 3.99. The number of carbonyl (C=O) groups excluding carboxylic acids is 1. The van der Waals surface area contributed by atoms with Crippen LogP contribution in [0, 0.1) is 5.82 Å². The topological polar surface area (TPSA) is 66.4 Å². The van der Waals surface area contributed by atoms with Crippen molar-refractivity contribution >= 4 is 11.9 Å². The van der Waals surface area contributed by atoms with Gasteiger partial charge in [-0.15, -0.1) is 0 Å². The Labute approximate surface area is 92.1 Å². The standard InChI is InChI=1S/C11H12FNO3/c1-7(14)5-10(13-11(15)16)8-3-2-4-9(12)6-8/h2-4,6,10,13H,5H2,1H3,(H,15,16). The summed E-state index contributed by atoms with van der Waals surface area (Å²) in [6, 6.07) is 4.82. The molecule has 0 aliphatic carbocycles. The van der Waals surface area contributed by atoms with Crippen LogP contribution in [0.25, 0.3) is 0 Å². The molecule has 1 unspecified atom stereocenters. The second kappa shape index (κ2) is 5.25. The fourth-order valence-corrected chi connectivity index (χ4v) is 1.41. The summed E-state index contributed by atoms with van der Waals surface area (Å²) >= 11 is 0. The molecule has 0 saturated carbocycles. The van der Waals surface area contributed by atoms with Crippen LogP contribution in [0.5, 0.6) is 0 Å². The lowest BCUT2D eigenvalue weighted by molar-refractivity contribution is -0.117. The molecule has 16 heavy (non-hydrogen) atoms. The highest BCUT2D eigenvalue weighted by Gasteiger charge is 2.16. The molecule has 0 bridgehead atoms. The molecule has 1 amide bonds. The number of carboxylic acid groups (broad SMARTS) is 1. The fraction of sp³-hybridized carbons (Fsp3) is 0.273. The first-order valence-corrected chi connectivity index (χ1v) is 4.73. The van der Waals surface area contributed by atoms with Crippen molar-refractivity contribution in [1.82, 2.24) is 5.32 Å². The van der Waals surface area contributed by atoms with Gasteiger partial charge >= 0.3 is 6.09 Å². The first kappa shape index (κ1) is 12.2. The smallest absolute Gasteiger partial charge is 0.405 e. The fourth-order valence-electron chi connectivity index (χ4n) is 1.41. The molecule has 1 rings (SSSR count). The Balaban J connectivity index is 2.90. The highest BCUT2D eigenvalue weighted by atomic mass is 19.1. The zero-order chi connectivity index (χ0) is 12.1. The van der Waals surface area contributed by atoms with E-state index in [1.54, 1.807) is 6.07 Å². The molecule has 0 aliphatic heterocycles. The minimum atomic E-state index is -1.24. The van der Waals surface area contributed by atoms with E-state index in [1.165, 1.54) is 25.1 Å². The Bertz CT molecular complexity index is 390. The summed E-state index contributed by atoms with van der Waals surface area (Å²) in [5.74, 6) is -0.624. The van der Waals surface area contributed by atoms with E-state index in [1.807, 2.05) is 0 Å². The first-order valence-electron chi connectivity index (χ1n) is 4.73. The van der Waals surface area contributed by atoms with Crippen LogP contribution in [0.4, 0.5) is 9.18 Å². The minimum absolute atomic E-state index is 0.00968. The van der Waals surface area contributed by atoms with Crippen molar-refractivity contribution in [3.8, 4) is 0 Å². The molecule has 0 heterocycles. The number of nitrogens with one attached hydrogen (secondary N) is 1. The monoisotopic (exact) mass is 225 g/mol. The average Bonchev–Trinajstić information content (AvgIpc) is 2.15. The van der Waals surface area contributed by atoms with Crippen LogP contribution in [0.1, 0.15) is 24.9 Å². The molecule has 0 aromatic heterocycles. The van der Waals surface area contributed by atoms with Crippen LogP contribution in [-0.4, -0.2) is 17.0 Å². The van der Waals surface area contributed by atoms with Crippen LogP contribution in [0.3, 0.4) is 0 Å². The molecule has 86 valence electrons. The maximum atomic E-state index is 12.9. The Hall–Kier alpha value is -1.91. The molecule has 1 aromatic carbocycles. The van der Waals surface area contributed by atoms with E-state index in [2.05, 4.69) is 5.32 Å². The van der Waals surface area contributed by atoms with Crippen LogP contribution in [-0.2, 0) is 4.79 Å². The number of Topliss-reactive ketones (excluding diaryl/α,β-unsaturated/α-hetero) is 1. The van der Waals surface area contributed by atoms with Crippen LogP contribution in [0.2, 0.25) is 0 Å². The SMILES string of the molecule is CC(=O)CC(NC(=O)O)c1cccc(F)c1. The molecule has 4 nitrogen and oxygen atoms in total. The van der Waals surface area contributed by atoms with Crippen LogP contribution in [0.15, 0.2) is 24.3 Å². The summed E-state index contributed by atoms with van der Waals surface area (Å²) < 4.78 is 12.9. The second-order valence-corrected chi connectivity index (χ2v) is 3.46. The first-order chi connectivity index (χ1) is 7.49. The van der Waals surface area contributed by atoms with Crippen molar-refractivity contribution in [3.05, 3.63) is 35.6 Å². The van der Waals surface area contributed by atoms with Gasteiger partial charge in [0.25, 0.3) is 0 Å². The number of hydrogen-bond donors (Lipinski definition) is 2.